The van der Waals surface area contributed by atoms with Crippen LogP contribution in [0.3, 0.4) is 0 Å². The van der Waals surface area contributed by atoms with Crippen LogP contribution in [0.4, 0.5) is 11.4 Å². The molecule has 0 amide bonds. The van der Waals surface area contributed by atoms with Gasteiger partial charge >= 0.3 is 0 Å². The van der Waals surface area contributed by atoms with Crippen molar-refractivity contribution in [3.8, 4) is 22.3 Å². The highest BCUT2D eigenvalue weighted by Crippen LogP contribution is 2.45. The summed E-state index contributed by atoms with van der Waals surface area (Å²) in [5.74, 6) is 0. The predicted molar refractivity (Wildman–Crippen MR) is 176 cm³/mol. The third-order valence-electron chi connectivity index (χ3n) is 8.30. The molecule has 0 aliphatic carbocycles. The summed E-state index contributed by atoms with van der Waals surface area (Å²) in [5, 5.41) is 6.64. The summed E-state index contributed by atoms with van der Waals surface area (Å²) in [6, 6.07) is 35.1. The smallest absolute Gasteiger partial charge is 0.0406 e. The molecule has 6 aromatic rings. The highest BCUT2D eigenvalue weighted by Gasteiger charge is 2.20. The second kappa shape index (κ2) is 9.13. The minimum Gasteiger partial charge on any atom is -0.398 e. The van der Waals surface area contributed by atoms with Gasteiger partial charge in [0.15, 0.2) is 0 Å². The number of rotatable bonds is 2. The molecule has 0 bridgehead atoms. The average Bonchev–Trinajstić information content (AvgIpc) is 2.92. The predicted octanol–water partition coefficient (Wildman–Crippen LogP) is 10.2. The van der Waals surface area contributed by atoms with E-state index in [0.29, 0.717) is 0 Å². The van der Waals surface area contributed by atoms with E-state index < -0.39 is 0 Å². The van der Waals surface area contributed by atoms with Crippen molar-refractivity contribution in [1.82, 2.24) is 0 Å². The fourth-order valence-electron chi connectivity index (χ4n) is 5.99. The summed E-state index contributed by atoms with van der Waals surface area (Å²) in [5.41, 5.74) is 22.6. The molecule has 0 fully saturated rings. The summed E-state index contributed by atoms with van der Waals surface area (Å²) >= 11 is 0. The van der Waals surface area contributed by atoms with E-state index in [-0.39, 0.29) is 10.8 Å². The van der Waals surface area contributed by atoms with E-state index in [4.69, 9.17) is 11.5 Å². The summed E-state index contributed by atoms with van der Waals surface area (Å²) in [6.07, 6.45) is 0. The van der Waals surface area contributed by atoms with Gasteiger partial charge in [0.25, 0.3) is 0 Å². The van der Waals surface area contributed by atoms with Crippen molar-refractivity contribution < 1.29 is 0 Å². The molecular formula is C38H38N2. The number of fused-ring (bicyclic) bond motifs is 5. The van der Waals surface area contributed by atoms with Crippen molar-refractivity contribution in [3.63, 3.8) is 0 Å². The molecule has 2 heteroatoms. The van der Waals surface area contributed by atoms with Crippen molar-refractivity contribution in [2.24, 2.45) is 0 Å². The maximum Gasteiger partial charge on any atom is 0.0406 e. The van der Waals surface area contributed by atoms with Crippen LogP contribution in [-0.4, -0.2) is 0 Å². The number of benzene rings is 6. The molecule has 0 heterocycles. The van der Waals surface area contributed by atoms with Gasteiger partial charge in [0.1, 0.15) is 0 Å². The van der Waals surface area contributed by atoms with E-state index in [1.807, 2.05) is 6.07 Å². The summed E-state index contributed by atoms with van der Waals surface area (Å²) in [6.45, 7) is 13.5. The Morgan fingerprint density at radius 1 is 0.450 bits per heavy atom. The molecule has 0 spiro atoms. The molecule has 0 saturated carbocycles. The lowest BCUT2D eigenvalue weighted by atomic mass is 9.82. The van der Waals surface area contributed by atoms with Crippen LogP contribution < -0.4 is 11.5 Å². The van der Waals surface area contributed by atoms with Crippen molar-refractivity contribution >= 4 is 43.7 Å². The Hall–Kier alpha value is -4.30. The zero-order valence-electron chi connectivity index (χ0n) is 24.4. The Bertz CT molecular complexity index is 1900. The Morgan fingerprint density at radius 2 is 0.950 bits per heavy atom. The molecule has 200 valence electrons. The SMILES string of the molecule is CC(C)(C)c1ccc(-c2ccc3c(c(N)cc4c5ccccc5c(N)cc34)c2-c2ccc(C(C)(C)C)cc2)cc1. The first kappa shape index (κ1) is 26.0. The van der Waals surface area contributed by atoms with Gasteiger partial charge in [0.05, 0.1) is 0 Å². The van der Waals surface area contributed by atoms with Gasteiger partial charge < -0.3 is 11.5 Å². The van der Waals surface area contributed by atoms with Gasteiger partial charge in [0.2, 0.25) is 0 Å². The lowest BCUT2D eigenvalue weighted by molar-refractivity contribution is 0.590. The molecule has 40 heavy (non-hydrogen) atoms. The molecule has 4 N–H and O–H groups in total. The largest absolute Gasteiger partial charge is 0.398 e. The first-order chi connectivity index (χ1) is 18.9. The first-order valence-electron chi connectivity index (χ1n) is 14.1. The third kappa shape index (κ3) is 4.29. The Kier molecular flexibility index (Phi) is 5.92. The molecule has 0 atom stereocenters. The Labute approximate surface area is 237 Å². The normalized spacial score (nSPS) is 12.4. The molecule has 0 saturated heterocycles. The number of hydrogen-bond donors (Lipinski definition) is 2. The number of anilines is 2. The van der Waals surface area contributed by atoms with Crippen LogP contribution in [0.1, 0.15) is 52.7 Å². The van der Waals surface area contributed by atoms with Crippen molar-refractivity contribution in [2.75, 3.05) is 11.5 Å². The molecule has 0 aromatic heterocycles. The van der Waals surface area contributed by atoms with Gasteiger partial charge in [-0.3, -0.25) is 0 Å². The molecule has 6 aromatic carbocycles. The molecule has 6 rings (SSSR count). The van der Waals surface area contributed by atoms with Gasteiger partial charge in [-0.1, -0.05) is 126 Å². The van der Waals surface area contributed by atoms with E-state index in [0.717, 1.165) is 54.8 Å². The minimum atomic E-state index is 0.0801. The minimum absolute atomic E-state index is 0.0801. The fraction of sp³-hybridized carbons (Fsp3) is 0.211. The zero-order chi connectivity index (χ0) is 28.4. The number of nitrogen functional groups attached to an aromatic ring is 2. The number of hydrogen-bond acceptors (Lipinski definition) is 2. The lowest BCUT2D eigenvalue weighted by Gasteiger charge is -2.22. The molecule has 2 nitrogen and oxygen atoms in total. The van der Waals surface area contributed by atoms with E-state index in [1.165, 1.54) is 22.3 Å². The van der Waals surface area contributed by atoms with Crippen molar-refractivity contribution in [2.45, 2.75) is 52.4 Å². The third-order valence-corrected chi connectivity index (χ3v) is 8.30. The van der Waals surface area contributed by atoms with Crippen LogP contribution in [0.25, 0.3) is 54.6 Å². The molecule has 0 aliphatic rings. The summed E-state index contributed by atoms with van der Waals surface area (Å²) in [7, 11) is 0. The molecule has 0 radical (unpaired) electrons. The van der Waals surface area contributed by atoms with Crippen LogP contribution >= 0.6 is 0 Å². The maximum atomic E-state index is 6.99. The van der Waals surface area contributed by atoms with Crippen molar-refractivity contribution in [1.29, 1.82) is 0 Å². The zero-order valence-corrected chi connectivity index (χ0v) is 24.4. The van der Waals surface area contributed by atoms with E-state index >= 15 is 0 Å². The topological polar surface area (TPSA) is 52.0 Å². The van der Waals surface area contributed by atoms with E-state index in [2.05, 4.69) is 133 Å². The van der Waals surface area contributed by atoms with Crippen LogP contribution in [0.2, 0.25) is 0 Å². The van der Waals surface area contributed by atoms with Gasteiger partial charge in [0, 0.05) is 22.1 Å². The highest BCUT2D eigenvalue weighted by atomic mass is 14.6. The fourth-order valence-corrected chi connectivity index (χ4v) is 5.99. The van der Waals surface area contributed by atoms with Crippen LogP contribution in [0.5, 0.6) is 0 Å². The molecule has 0 aliphatic heterocycles. The first-order valence-corrected chi connectivity index (χ1v) is 14.1. The Morgan fingerprint density at radius 3 is 1.52 bits per heavy atom. The second-order valence-corrected chi connectivity index (χ2v) is 13.1. The second-order valence-electron chi connectivity index (χ2n) is 13.1. The maximum absolute atomic E-state index is 6.99. The Balaban J connectivity index is 1.70. The van der Waals surface area contributed by atoms with Gasteiger partial charge in [-0.15, -0.1) is 0 Å². The standard InChI is InChI=1S/C38H38N2/c1-37(2,3)25-15-11-23(12-16-25)27-19-20-30-32-21-33(39)29-10-8-7-9-28(29)31(32)22-34(40)36(30)35(27)24-13-17-26(18-14-24)38(4,5)6/h7-22H,39-40H2,1-6H3. The van der Waals surface area contributed by atoms with Gasteiger partial charge in [-0.2, -0.15) is 0 Å². The molecule has 0 unspecified atom stereocenters. The quantitative estimate of drug-likeness (QED) is 0.175. The van der Waals surface area contributed by atoms with Crippen molar-refractivity contribution in [3.05, 3.63) is 108 Å². The lowest BCUT2D eigenvalue weighted by Crippen LogP contribution is -2.10. The molecular weight excluding hydrogens is 484 g/mol. The van der Waals surface area contributed by atoms with Crippen LogP contribution in [0.15, 0.2) is 97.1 Å². The summed E-state index contributed by atoms with van der Waals surface area (Å²) < 4.78 is 0. The van der Waals surface area contributed by atoms with E-state index in [9.17, 15) is 0 Å². The van der Waals surface area contributed by atoms with Gasteiger partial charge in [-0.25, -0.2) is 0 Å². The average molecular weight is 523 g/mol. The summed E-state index contributed by atoms with van der Waals surface area (Å²) in [4.78, 5) is 0. The van der Waals surface area contributed by atoms with E-state index in [1.54, 1.807) is 0 Å². The van der Waals surface area contributed by atoms with Gasteiger partial charge in [-0.05, 0) is 77.9 Å². The van der Waals surface area contributed by atoms with Crippen LogP contribution in [-0.2, 0) is 10.8 Å². The highest BCUT2D eigenvalue weighted by molar-refractivity contribution is 6.26. The van der Waals surface area contributed by atoms with Crippen LogP contribution in [0, 0.1) is 0 Å². The monoisotopic (exact) mass is 522 g/mol. The number of nitrogens with two attached hydrogens (primary N) is 2.